The van der Waals surface area contributed by atoms with Crippen molar-refractivity contribution in [2.75, 3.05) is 71.2 Å². The van der Waals surface area contributed by atoms with Crippen molar-refractivity contribution in [3.05, 3.63) is 254 Å². The molecule has 1 unspecified atom stereocenters. The summed E-state index contributed by atoms with van der Waals surface area (Å²) in [4.78, 5) is 43.1. The van der Waals surface area contributed by atoms with Gasteiger partial charge in [0, 0.05) is 188 Å². The first kappa shape index (κ1) is 72.7. The highest BCUT2D eigenvalue weighted by Gasteiger charge is 2.28. The van der Waals surface area contributed by atoms with E-state index in [2.05, 4.69) is 132 Å². The van der Waals surface area contributed by atoms with Gasteiger partial charge in [-0.25, -0.2) is 71.6 Å². The Morgan fingerprint density at radius 2 is 0.611 bits per heavy atom. The lowest BCUT2D eigenvalue weighted by molar-refractivity contribution is 0.588. The molecule has 0 aliphatic rings. The molecule has 33 heteroatoms. The van der Waals surface area contributed by atoms with Crippen LogP contribution in [0.5, 0.6) is 0 Å². The predicted molar refractivity (Wildman–Crippen MR) is 436 cm³/mol. The standard InChI is InChI=1S/2C15H20N6.C14H18N6.3C12H13FN4/c2*1-4-19(5-2)15-14-7-12(10-21(14)18-11-16-15)13-8-17-20(6-3)9-13;1-4-19(5-2)14-13-6-11(9-20(13)17-10-15-14)12-7-16-18(3)8-12;3*1-12(15,8-2-4-10(13)5-3-8)9-6-16-11(14)17-7-9/h2*7-11H,4-6H2,1-3H3;6-10H,4-5H2,1-3H3;3*2-7H,15H2,1H3,(H2,14,16,17)/t;;;2*12-;/m...10./s1/i2*6D2;3D3;;;. The zero-order valence-corrected chi connectivity index (χ0v) is 64.6. The predicted octanol–water partition coefficient (Wildman–Crippen LogP) is 11.2. The van der Waals surface area contributed by atoms with Crippen LogP contribution in [0.3, 0.4) is 0 Å². The van der Waals surface area contributed by atoms with Crippen LogP contribution in [0.4, 0.5) is 48.5 Å². The number of fused-ring (bicyclic) bond motifs is 3. The van der Waals surface area contributed by atoms with Gasteiger partial charge in [-0.3, -0.25) is 14.0 Å². The lowest BCUT2D eigenvalue weighted by Gasteiger charge is -2.25. The summed E-state index contributed by atoms with van der Waals surface area (Å²) < 4.78 is 101. The van der Waals surface area contributed by atoms with Crippen molar-refractivity contribution in [1.29, 1.82) is 0 Å². The first-order valence-corrected chi connectivity index (χ1v) is 36.1. The molecule has 12 aromatic heterocycles. The summed E-state index contributed by atoms with van der Waals surface area (Å²) in [6.45, 7) is 20.8. The Bertz CT molecular complexity index is 5090. The quantitative estimate of drug-likeness (QED) is 0.0413. The second-order valence-electron chi connectivity index (χ2n) is 26.0. The maximum atomic E-state index is 12.8. The molecule has 588 valence electrons. The third kappa shape index (κ3) is 19.9. The summed E-state index contributed by atoms with van der Waals surface area (Å²) in [5.74, 6) is 2.37. The Hall–Kier alpha value is -13.1. The molecule has 0 saturated carbocycles. The number of aryl methyl sites for hydroxylation is 3. The van der Waals surface area contributed by atoms with E-state index in [4.69, 9.17) is 44.0 Å². The average Bonchev–Trinajstić information content (AvgIpc) is 1.64. The van der Waals surface area contributed by atoms with E-state index in [9.17, 15) is 13.2 Å². The first-order chi connectivity index (χ1) is 56.8. The minimum atomic E-state index is -2.27. The molecule has 113 heavy (non-hydrogen) atoms. The summed E-state index contributed by atoms with van der Waals surface area (Å²) in [7, 11) is 0. The van der Waals surface area contributed by atoms with E-state index in [0.29, 0.717) is 0 Å². The van der Waals surface area contributed by atoms with Gasteiger partial charge in [-0.15, -0.1) is 0 Å². The number of halogens is 3. The number of anilines is 6. The SMILES string of the molecule is CC(N)(c1ccc(F)cc1)c1cnc(N)nc1.C[C@@](N)(c1ccc(F)cc1)c1cnc(N)nc1.C[C@](N)(c1ccc(F)cc1)c1cnc(N)nc1.[2H]C([2H])(C)n1cc(-c2cc3c(N(CC)CC)ncnn3c2)cn1.[2H]C([2H])(C)n1cc(-c2cc3c(N(CC)CC)ncnn3c2)cn1.[2H]C([2H])([2H])n1cc(-c2cc3c(N(CC)CC)ncnn3c2)cn1. The lowest BCUT2D eigenvalue weighted by atomic mass is 9.87. The third-order valence-electron chi connectivity index (χ3n) is 18.7. The minimum Gasteiger partial charge on any atom is -0.368 e. The van der Waals surface area contributed by atoms with E-state index in [1.54, 1.807) is 131 Å². The van der Waals surface area contributed by atoms with Gasteiger partial charge in [0.05, 0.1) is 40.7 Å². The van der Waals surface area contributed by atoms with Gasteiger partial charge < -0.3 is 49.1 Å². The molecule has 0 aliphatic carbocycles. The average molecular weight is 1540 g/mol. The van der Waals surface area contributed by atoms with Crippen LogP contribution in [-0.4, -0.2) is 142 Å². The number of benzene rings is 3. The van der Waals surface area contributed by atoms with Crippen LogP contribution in [0.25, 0.3) is 49.9 Å². The molecule has 15 aromatic rings. The second-order valence-corrected chi connectivity index (χ2v) is 26.0. The van der Waals surface area contributed by atoms with Crippen molar-refractivity contribution < 1.29 is 22.8 Å². The first-order valence-electron chi connectivity index (χ1n) is 39.6. The largest absolute Gasteiger partial charge is 0.368 e. The Kier molecular flexibility index (Phi) is 23.8. The lowest BCUT2D eigenvalue weighted by Crippen LogP contribution is -2.34. The van der Waals surface area contributed by atoms with E-state index in [-0.39, 0.29) is 35.3 Å². The third-order valence-corrected chi connectivity index (χ3v) is 18.7. The van der Waals surface area contributed by atoms with Gasteiger partial charge in [0.1, 0.15) is 53.0 Å². The van der Waals surface area contributed by atoms with Gasteiger partial charge in [-0.2, -0.15) is 30.6 Å². The van der Waals surface area contributed by atoms with Crippen LogP contribution in [0.15, 0.2) is 203 Å². The zero-order valence-electron chi connectivity index (χ0n) is 71.6. The summed E-state index contributed by atoms with van der Waals surface area (Å²) >= 11 is 0. The highest BCUT2D eigenvalue weighted by molar-refractivity contribution is 5.79. The molecule has 0 aliphatic heterocycles. The molecule has 0 saturated heterocycles. The molecular weight excluding hydrogens is 1440 g/mol. The smallest absolute Gasteiger partial charge is 0.219 e. The highest BCUT2D eigenvalue weighted by Crippen LogP contribution is 2.32. The van der Waals surface area contributed by atoms with Crippen LogP contribution in [0, 0.1) is 17.5 Å². The van der Waals surface area contributed by atoms with E-state index >= 15 is 0 Å². The number of nitrogen functional groups attached to an aromatic ring is 3. The number of hydrogen-bond donors (Lipinski definition) is 6. The Labute approximate surface area is 663 Å². The summed E-state index contributed by atoms with van der Waals surface area (Å²) in [6, 6.07) is 24.1. The van der Waals surface area contributed by atoms with Gasteiger partial charge in [-0.1, -0.05) is 36.4 Å². The number of nitrogens with zero attached hydrogens (tertiary/aromatic N) is 24. The Morgan fingerprint density at radius 1 is 0.345 bits per heavy atom. The van der Waals surface area contributed by atoms with Crippen molar-refractivity contribution in [2.45, 2.75) is 106 Å². The van der Waals surface area contributed by atoms with Gasteiger partial charge in [0.2, 0.25) is 17.8 Å². The molecule has 12 heterocycles. The van der Waals surface area contributed by atoms with Crippen molar-refractivity contribution in [1.82, 2.24) is 103 Å². The van der Waals surface area contributed by atoms with Gasteiger partial charge in [0.15, 0.2) is 17.5 Å². The minimum absolute atomic E-state index is 0.198. The van der Waals surface area contributed by atoms with Gasteiger partial charge in [0.25, 0.3) is 0 Å². The normalized spacial score (nSPS) is 13.9. The topological polar surface area (TPSA) is 387 Å². The van der Waals surface area contributed by atoms with Crippen LogP contribution >= 0.6 is 0 Å². The van der Waals surface area contributed by atoms with E-state index in [1.165, 1.54) is 72.1 Å². The van der Waals surface area contributed by atoms with Crippen LogP contribution in [0.1, 0.15) is 119 Å². The molecule has 12 N–H and O–H groups in total. The van der Waals surface area contributed by atoms with E-state index < -0.39 is 36.6 Å². The molecule has 3 aromatic carbocycles. The molecule has 0 fully saturated rings. The Balaban J connectivity index is 0.000000152. The molecule has 0 amide bonds. The van der Waals surface area contributed by atoms with Crippen molar-refractivity contribution >= 4 is 51.8 Å². The molecular formula is C80H97F3N30. The van der Waals surface area contributed by atoms with Crippen LogP contribution < -0.4 is 49.1 Å². The maximum absolute atomic E-state index is 12.8. The number of rotatable bonds is 20. The summed E-state index contributed by atoms with van der Waals surface area (Å²) in [6.07, 6.45) is 29.6. The van der Waals surface area contributed by atoms with Crippen LogP contribution in [0.2, 0.25) is 0 Å². The molecule has 0 bridgehead atoms. The van der Waals surface area contributed by atoms with E-state index in [1.807, 2.05) is 57.6 Å². The highest BCUT2D eigenvalue weighted by atomic mass is 19.1. The van der Waals surface area contributed by atoms with Crippen molar-refractivity contribution in [3.63, 3.8) is 0 Å². The summed E-state index contributed by atoms with van der Waals surface area (Å²) in [5.41, 5.74) is 45.0. The summed E-state index contributed by atoms with van der Waals surface area (Å²) in [5, 5.41) is 24.9. The number of hydrogen-bond acceptors (Lipinski definition) is 24. The van der Waals surface area contributed by atoms with E-state index in [0.717, 1.165) is 145 Å². The van der Waals surface area contributed by atoms with Gasteiger partial charge in [-0.05, 0) is 147 Å². The molecule has 0 spiro atoms. The fourth-order valence-corrected chi connectivity index (χ4v) is 11.9. The Morgan fingerprint density at radius 3 is 0.850 bits per heavy atom. The van der Waals surface area contributed by atoms with Gasteiger partial charge >= 0.3 is 0 Å². The monoisotopic (exact) mass is 1540 g/mol. The fraction of sp³-hybridized carbons (Fsp3) is 0.287. The molecule has 0 radical (unpaired) electrons. The van der Waals surface area contributed by atoms with Crippen LogP contribution in [-0.2, 0) is 36.6 Å². The maximum Gasteiger partial charge on any atom is 0.219 e. The van der Waals surface area contributed by atoms with Crippen molar-refractivity contribution in [2.24, 2.45) is 24.2 Å². The molecule has 30 nitrogen and oxygen atoms in total. The zero-order chi connectivity index (χ0) is 87.2. The fourth-order valence-electron chi connectivity index (χ4n) is 11.9. The van der Waals surface area contributed by atoms with Crippen molar-refractivity contribution in [3.8, 4) is 33.4 Å². The number of aromatic nitrogens is 21. The molecule has 3 atom stereocenters. The number of nitrogens with two attached hydrogens (primary N) is 6. The molecule has 15 rings (SSSR count). The second kappa shape index (κ2) is 37.0.